The molecule has 5 nitrogen and oxygen atoms in total. The highest BCUT2D eigenvalue weighted by molar-refractivity contribution is 5.99. The molecule has 0 spiro atoms. The van der Waals surface area contributed by atoms with Crippen LogP contribution in [0.25, 0.3) is 0 Å². The number of nitrogen functional groups attached to an aromatic ring is 1. The molecular weight excluding hydrogens is 254 g/mol. The molecule has 1 aliphatic heterocycles. The molecule has 1 aliphatic rings. The second kappa shape index (κ2) is 4.85. The van der Waals surface area contributed by atoms with Gasteiger partial charge in [-0.15, -0.1) is 0 Å². The van der Waals surface area contributed by atoms with Crippen molar-refractivity contribution >= 4 is 11.6 Å². The van der Waals surface area contributed by atoms with Crippen molar-refractivity contribution in [3.8, 4) is 5.88 Å². The van der Waals surface area contributed by atoms with Crippen molar-refractivity contribution in [3.05, 3.63) is 53.2 Å². The zero-order valence-electron chi connectivity index (χ0n) is 11.2. The summed E-state index contributed by atoms with van der Waals surface area (Å²) in [5.41, 5.74) is 8.84. The number of nitrogens with zero attached hydrogens (tertiary/aromatic N) is 2. The fraction of sp³-hybridized carbons (Fsp3) is 0.200. The summed E-state index contributed by atoms with van der Waals surface area (Å²) in [5, 5.41) is 0. The maximum Gasteiger partial charge on any atom is 0.254 e. The number of benzene rings is 1. The topological polar surface area (TPSA) is 68.5 Å². The van der Waals surface area contributed by atoms with Crippen molar-refractivity contribution in [2.45, 2.75) is 13.1 Å². The van der Waals surface area contributed by atoms with Gasteiger partial charge in [-0.05, 0) is 23.8 Å². The smallest absolute Gasteiger partial charge is 0.254 e. The highest BCUT2D eigenvalue weighted by atomic mass is 16.5. The number of ether oxygens (including phenoxy) is 1. The van der Waals surface area contributed by atoms with Crippen molar-refractivity contribution < 1.29 is 9.53 Å². The molecule has 1 aromatic carbocycles. The van der Waals surface area contributed by atoms with Gasteiger partial charge in [0.05, 0.1) is 19.3 Å². The lowest BCUT2D eigenvalue weighted by molar-refractivity contribution is 0.0764. The maximum absolute atomic E-state index is 12.3. The van der Waals surface area contributed by atoms with E-state index in [0.29, 0.717) is 30.2 Å². The van der Waals surface area contributed by atoms with Crippen LogP contribution in [0.15, 0.2) is 36.4 Å². The summed E-state index contributed by atoms with van der Waals surface area (Å²) >= 11 is 0. The van der Waals surface area contributed by atoms with E-state index >= 15 is 0 Å². The molecule has 1 aromatic heterocycles. The molecule has 0 saturated carbocycles. The van der Waals surface area contributed by atoms with Crippen LogP contribution in [0.5, 0.6) is 5.88 Å². The summed E-state index contributed by atoms with van der Waals surface area (Å²) in [7, 11) is 1.58. The van der Waals surface area contributed by atoms with Gasteiger partial charge in [0, 0.05) is 23.9 Å². The minimum Gasteiger partial charge on any atom is -0.481 e. The Morgan fingerprint density at radius 2 is 2.20 bits per heavy atom. The van der Waals surface area contributed by atoms with Crippen molar-refractivity contribution in [1.82, 2.24) is 9.88 Å². The fourth-order valence-electron chi connectivity index (χ4n) is 2.36. The number of aromatic nitrogens is 1. The number of amides is 1. The van der Waals surface area contributed by atoms with Crippen LogP contribution < -0.4 is 10.5 Å². The number of rotatable bonds is 3. The lowest BCUT2D eigenvalue weighted by Crippen LogP contribution is -2.23. The quantitative estimate of drug-likeness (QED) is 0.863. The number of hydrogen-bond acceptors (Lipinski definition) is 4. The van der Waals surface area contributed by atoms with Gasteiger partial charge in [0.1, 0.15) is 0 Å². The monoisotopic (exact) mass is 269 g/mol. The largest absolute Gasteiger partial charge is 0.481 e. The molecule has 0 atom stereocenters. The van der Waals surface area contributed by atoms with Crippen LogP contribution in [-0.2, 0) is 13.1 Å². The molecule has 0 unspecified atom stereocenters. The van der Waals surface area contributed by atoms with Gasteiger partial charge in [-0.25, -0.2) is 4.98 Å². The van der Waals surface area contributed by atoms with Gasteiger partial charge in [-0.3, -0.25) is 4.79 Å². The number of anilines is 1. The fourth-order valence-corrected chi connectivity index (χ4v) is 2.36. The Balaban J connectivity index is 1.82. The zero-order valence-corrected chi connectivity index (χ0v) is 11.2. The van der Waals surface area contributed by atoms with Gasteiger partial charge < -0.3 is 15.4 Å². The van der Waals surface area contributed by atoms with Crippen molar-refractivity contribution in [3.63, 3.8) is 0 Å². The van der Waals surface area contributed by atoms with E-state index in [4.69, 9.17) is 10.5 Å². The summed E-state index contributed by atoms with van der Waals surface area (Å²) in [6.45, 7) is 1.05. The van der Waals surface area contributed by atoms with Gasteiger partial charge in [0.2, 0.25) is 5.88 Å². The molecule has 102 valence electrons. The standard InChI is InChI=1S/C15H15N3O2/c1-20-14-4-2-3-12(17-14)9-18-8-10-5-6-11(16)7-13(10)15(18)19/h2-7H,8-9,16H2,1H3. The third-order valence-electron chi connectivity index (χ3n) is 3.36. The molecule has 20 heavy (non-hydrogen) atoms. The first kappa shape index (κ1) is 12.5. The van der Waals surface area contributed by atoms with E-state index in [-0.39, 0.29) is 5.91 Å². The van der Waals surface area contributed by atoms with Crippen LogP contribution in [0.4, 0.5) is 5.69 Å². The van der Waals surface area contributed by atoms with Gasteiger partial charge in [0.15, 0.2) is 0 Å². The lowest BCUT2D eigenvalue weighted by Gasteiger charge is -2.15. The SMILES string of the molecule is COc1cccc(CN2Cc3ccc(N)cc3C2=O)n1. The van der Waals surface area contributed by atoms with Crippen molar-refractivity contribution in [1.29, 1.82) is 0 Å². The van der Waals surface area contributed by atoms with Crippen molar-refractivity contribution in [2.75, 3.05) is 12.8 Å². The average Bonchev–Trinajstić information content (AvgIpc) is 2.76. The second-order valence-corrected chi connectivity index (χ2v) is 4.75. The average molecular weight is 269 g/mol. The molecule has 2 N–H and O–H groups in total. The summed E-state index contributed by atoms with van der Waals surface area (Å²) < 4.78 is 5.09. The normalized spacial score (nSPS) is 13.4. The van der Waals surface area contributed by atoms with Crippen LogP contribution >= 0.6 is 0 Å². The summed E-state index contributed by atoms with van der Waals surface area (Å²) in [6, 6.07) is 11.0. The molecule has 3 rings (SSSR count). The molecule has 1 amide bonds. The summed E-state index contributed by atoms with van der Waals surface area (Å²) in [5.74, 6) is 0.549. The minimum atomic E-state index is -0.00285. The van der Waals surface area contributed by atoms with E-state index in [0.717, 1.165) is 11.3 Å². The van der Waals surface area contributed by atoms with Gasteiger partial charge in [-0.1, -0.05) is 12.1 Å². The number of methoxy groups -OCH3 is 1. The Hall–Kier alpha value is -2.56. The number of nitrogens with two attached hydrogens (primary N) is 1. The van der Waals surface area contributed by atoms with E-state index < -0.39 is 0 Å². The number of carbonyl (C=O) groups is 1. The summed E-state index contributed by atoms with van der Waals surface area (Å²) in [4.78, 5) is 18.4. The number of carbonyl (C=O) groups excluding carboxylic acids is 1. The third kappa shape index (κ3) is 2.18. The van der Waals surface area contributed by atoms with Crippen molar-refractivity contribution in [2.24, 2.45) is 0 Å². The number of fused-ring (bicyclic) bond motifs is 1. The molecule has 0 saturated heterocycles. The first-order valence-corrected chi connectivity index (χ1v) is 6.35. The van der Waals surface area contributed by atoms with E-state index in [1.54, 1.807) is 24.1 Å². The number of hydrogen-bond donors (Lipinski definition) is 1. The molecule has 5 heteroatoms. The predicted octanol–water partition coefficient (Wildman–Crippen LogP) is 1.83. The Labute approximate surface area is 117 Å². The molecule has 2 aromatic rings. The Bertz CT molecular complexity index is 670. The van der Waals surface area contributed by atoms with Gasteiger partial charge in [-0.2, -0.15) is 0 Å². The first-order valence-electron chi connectivity index (χ1n) is 6.35. The highest BCUT2D eigenvalue weighted by Gasteiger charge is 2.27. The Kier molecular flexibility index (Phi) is 3.02. The van der Waals surface area contributed by atoms with Crippen LogP contribution in [0, 0.1) is 0 Å². The Morgan fingerprint density at radius 1 is 1.35 bits per heavy atom. The van der Waals surface area contributed by atoms with Gasteiger partial charge in [0.25, 0.3) is 5.91 Å². The van der Waals surface area contributed by atoms with Crippen LogP contribution in [0.3, 0.4) is 0 Å². The zero-order chi connectivity index (χ0) is 14.1. The first-order chi connectivity index (χ1) is 9.67. The summed E-state index contributed by atoms with van der Waals surface area (Å²) in [6.07, 6.45) is 0. The molecular formula is C15H15N3O2. The predicted molar refractivity (Wildman–Crippen MR) is 75.2 cm³/mol. The minimum absolute atomic E-state index is 0.00285. The van der Waals surface area contributed by atoms with E-state index in [2.05, 4.69) is 4.98 Å². The van der Waals surface area contributed by atoms with Gasteiger partial charge >= 0.3 is 0 Å². The van der Waals surface area contributed by atoms with Crippen LogP contribution in [0.2, 0.25) is 0 Å². The number of pyridine rings is 1. The van der Waals surface area contributed by atoms with E-state index in [1.165, 1.54) is 0 Å². The highest BCUT2D eigenvalue weighted by Crippen LogP contribution is 2.26. The molecule has 2 heterocycles. The van der Waals surface area contributed by atoms with Crippen LogP contribution in [-0.4, -0.2) is 22.9 Å². The molecule has 0 fully saturated rings. The third-order valence-corrected chi connectivity index (χ3v) is 3.36. The van der Waals surface area contributed by atoms with E-state index in [9.17, 15) is 4.79 Å². The van der Waals surface area contributed by atoms with Crippen LogP contribution in [0.1, 0.15) is 21.6 Å². The molecule has 0 radical (unpaired) electrons. The molecule has 0 aliphatic carbocycles. The maximum atomic E-state index is 12.3. The molecule has 0 bridgehead atoms. The second-order valence-electron chi connectivity index (χ2n) is 4.75. The Morgan fingerprint density at radius 3 is 3.00 bits per heavy atom. The lowest BCUT2D eigenvalue weighted by atomic mass is 10.1. The van der Waals surface area contributed by atoms with E-state index in [1.807, 2.05) is 24.3 Å².